The van der Waals surface area contributed by atoms with Crippen LogP contribution >= 0.6 is 0 Å². The number of carbonyl (C=O) groups is 2. The minimum atomic E-state index is -1.14. The molecule has 0 aromatic heterocycles. The number of methoxy groups -OCH3 is 2. The summed E-state index contributed by atoms with van der Waals surface area (Å²) >= 11 is 0. The Balaban J connectivity index is 3.03. The Bertz CT molecular complexity index is 295. The third kappa shape index (κ3) is 1.76. The fourth-order valence-electron chi connectivity index (χ4n) is 2.03. The molecule has 0 heterocycles. The van der Waals surface area contributed by atoms with Gasteiger partial charge in [0.05, 0.1) is 14.2 Å². The maximum atomic E-state index is 11.7. The largest absolute Gasteiger partial charge is 0.468 e. The molecule has 0 saturated heterocycles. The number of allylic oxidation sites excluding steroid dienone is 2. The molecule has 1 aliphatic rings. The molecule has 0 aliphatic heterocycles. The summed E-state index contributed by atoms with van der Waals surface area (Å²) in [5.74, 6) is -1.02. The Morgan fingerprint density at radius 3 is 1.60 bits per heavy atom. The molecule has 0 radical (unpaired) electrons. The van der Waals surface area contributed by atoms with Gasteiger partial charge in [-0.25, -0.2) is 0 Å². The predicted octanol–water partition coefficient (Wildman–Crippen LogP) is 1.45. The summed E-state index contributed by atoms with van der Waals surface area (Å²) in [5, 5.41) is 0. The van der Waals surface area contributed by atoms with Crippen molar-refractivity contribution in [3.63, 3.8) is 0 Å². The van der Waals surface area contributed by atoms with E-state index in [1.165, 1.54) is 14.2 Å². The van der Waals surface area contributed by atoms with Gasteiger partial charge in [-0.05, 0) is 26.7 Å². The van der Waals surface area contributed by atoms with E-state index >= 15 is 0 Å². The van der Waals surface area contributed by atoms with Gasteiger partial charge in [0, 0.05) is 0 Å². The van der Waals surface area contributed by atoms with Crippen LogP contribution in [0.2, 0.25) is 0 Å². The van der Waals surface area contributed by atoms with Crippen molar-refractivity contribution in [2.75, 3.05) is 14.2 Å². The maximum absolute atomic E-state index is 11.7. The quantitative estimate of drug-likeness (QED) is 0.395. The lowest BCUT2D eigenvalue weighted by molar-refractivity contribution is -0.168. The van der Waals surface area contributed by atoms with Crippen LogP contribution in [0.4, 0.5) is 0 Å². The predicted molar refractivity (Wildman–Crippen MR) is 54.1 cm³/mol. The van der Waals surface area contributed by atoms with E-state index in [1.807, 2.05) is 13.8 Å². The van der Waals surface area contributed by atoms with Crippen molar-refractivity contribution >= 4 is 11.9 Å². The van der Waals surface area contributed by atoms with Gasteiger partial charge >= 0.3 is 11.9 Å². The van der Waals surface area contributed by atoms with Crippen molar-refractivity contribution in [2.45, 2.75) is 26.7 Å². The number of esters is 2. The average molecular weight is 212 g/mol. The summed E-state index contributed by atoms with van der Waals surface area (Å²) in [4.78, 5) is 23.4. The fraction of sp³-hybridized carbons (Fsp3) is 0.636. The molecule has 4 nitrogen and oxygen atoms in total. The first kappa shape index (κ1) is 11.8. The van der Waals surface area contributed by atoms with Gasteiger partial charge in [-0.1, -0.05) is 11.1 Å². The summed E-state index contributed by atoms with van der Waals surface area (Å²) < 4.78 is 9.38. The summed E-state index contributed by atoms with van der Waals surface area (Å²) in [5.41, 5.74) is 0.981. The molecule has 0 N–H and O–H groups in total. The van der Waals surface area contributed by atoms with E-state index in [-0.39, 0.29) is 0 Å². The number of hydrogen-bond donors (Lipinski definition) is 0. The van der Waals surface area contributed by atoms with Crippen molar-refractivity contribution < 1.29 is 19.1 Å². The molecule has 0 fully saturated rings. The molecule has 0 saturated carbocycles. The molecule has 0 unspecified atom stereocenters. The highest BCUT2D eigenvalue weighted by Crippen LogP contribution is 2.43. The van der Waals surface area contributed by atoms with Crippen molar-refractivity contribution in [1.29, 1.82) is 0 Å². The van der Waals surface area contributed by atoms with E-state index < -0.39 is 17.4 Å². The Morgan fingerprint density at radius 1 is 1.00 bits per heavy atom. The van der Waals surface area contributed by atoms with Crippen molar-refractivity contribution in [3.05, 3.63) is 11.1 Å². The van der Waals surface area contributed by atoms with Crippen LogP contribution in [0.3, 0.4) is 0 Å². The first-order chi connectivity index (χ1) is 6.97. The Hall–Kier alpha value is -1.32. The average Bonchev–Trinajstić information content (AvgIpc) is 2.54. The first-order valence-electron chi connectivity index (χ1n) is 4.80. The molecule has 1 aliphatic carbocycles. The maximum Gasteiger partial charge on any atom is 0.323 e. The van der Waals surface area contributed by atoms with Gasteiger partial charge < -0.3 is 9.47 Å². The molecule has 0 amide bonds. The van der Waals surface area contributed by atoms with Gasteiger partial charge in [0.15, 0.2) is 5.41 Å². The standard InChI is InChI=1S/C11H16O4/c1-7-5-11(6-8(7)2,9(12)14-3)10(13)15-4/h5-6H2,1-4H3. The van der Waals surface area contributed by atoms with Crippen molar-refractivity contribution in [2.24, 2.45) is 5.41 Å². The molecule has 15 heavy (non-hydrogen) atoms. The SMILES string of the molecule is COC(=O)C1(C(=O)OC)CC(C)=C(C)C1. The highest BCUT2D eigenvalue weighted by molar-refractivity contribution is 6.01. The van der Waals surface area contributed by atoms with Crippen LogP contribution in [-0.2, 0) is 19.1 Å². The van der Waals surface area contributed by atoms with E-state index in [1.54, 1.807) is 0 Å². The second kappa shape index (κ2) is 4.04. The molecule has 84 valence electrons. The molecular weight excluding hydrogens is 196 g/mol. The lowest BCUT2D eigenvalue weighted by atomic mass is 9.84. The van der Waals surface area contributed by atoms with Gasteiger partial charge in [-0.15, -0.1) is 0 Å². The van der Waals surface area contributed by atoms with E-state index in [0.717, 1.165) is 11.1 Å². The zero-order chi connectivity index (χ0) is 11.6. The monoisotopic (exact) mass is 212 g/mol. The molecule has 0 aromatic carbocycles. The number of carbonyl (C=O) groups excluding carboxylic acids is 2. The van der Waals surface area contributed by atoms with E-state index in [2.05, 4.69) is 0 Å². The fourth-order valence-corrected chi connectivity index (χ4v) is 2.03. The smallest absolute Gasteiger partial charge is 0.323 e. The summed E-state index contributed by atoms with van der Waals surface area (Å²) in [6.45, 7) is 3.84. The van der Waals surface area contributed by atoms with Crippen molar-refractivity contribution in [3.8, 4) is 0 Å². The topological polar surface area (TPSA) is 52.6 Å². The third-order valence-corrected chi connectivity index (χ3v) is 3.01. The van der Waals surface area contributed by atoms with Gasteiger partial charge in [-0.2, -0.15) is 0 Å². The lowest BCUT2D eigenvalue weighted by Gasteiger charge is -2.23. The van der Waals surface area contributed by atoms with Crippen molar-refractivity contribution in [1.82, 2.24) is 0 Å². The molecule has 0 atom stereocenters. The second-order valence-corrected chi connectivity index (χ2v) is 3.98. The minimum absolute atomic E-state index is 0.401. The van der Waals surface area contributed by atoms with Gasteiger partial charge in [-0.3, -0.25) is 9.59 Å². The molecule has 4 heteroatoms. The van der Waals surface area contributed by atoms with Crippen LogP contribution in [0.5, 0.6) is 0 Å². The third-order valence-electron chi connectivity index (χ3n) is 3.01. The highest BCUT2D eigenvalue weighted by atomic mass is 16.5. The zero-order valence-electron chi connectivity index (χ0n) is 9.55. The van der Waals surface area contributed by atoms with Gasteiger partial charge in [0.2, 0.25) is 0 Å². The van der Waals surface area contributed by atoms with Crippen LogP contribution in [0.1, 0.15) is 26.7 Å². The number of hydrogen-bond acceptors (Lipinski definition) is 4. The Morgan fingerprint density at radius 2 is 1.33 bits per heavy atom. The van der Waals surface area contributed by atoms with E-state index in [9.17, 15) is 9.59 Å². The Kier molecular flexibility index (Phi) is 3.17. The van der Waals surface area contributed by atoms with Crippen LogP contribution in [0.25, 0.3) is 0 Å². The molecular formula is C11H16O4. The highest BCUT2D eigenvalue weighted by Gasteiger charge is 2.51. The molecule has 0 bridgehead atoms. The first-order valence-corrected chi connectivity index (χ1v) is 4.80. The molecule has 0 spiro atoms. The number of rotatable bonds is 2. The van der Waals surface area contributed by atoms with Crippen LogP contribution < -0.4 is 0 Å². The van der Waals surface area contributed by atoms with Crippen LogP contribution in [-0.4, -0.2) is 26.2 Å². The van der Waals surface area contributed by atoms with Crippen LogP contribution in [0, 0.1) is 5.41 Å². The number of ether oxygens (including phenoxy) is 2. The molecule has 1 rings (SSSR count). The minimum Gasteiger partial charge on any atom is -0.468 e. The normalized spacial score (nSPS) is 18.9. The second-order valence-electron chi connectivity index (χ2n) is 3.98. The summed E-state index contributed by atoms with van der Waals surface area (Å²) in [6.07, 6.45) is 0.802. The van der Waals surface area contributed by atoms with Gasteiger partial charge in [0.1, 0.15) is 0 Å². The van der Waals surface area contributed by atoms with Gasteiger partial charge in [0.25, 0.3) is 0 Å². The summed E-state index contributed by atoms with van der Waals surface area (Å²) in [6, 6.07) is 0. The van der Waals surface area contributed by atoms with E-state index in [4.69, 9.17) is 9.47 Å². The Labute approximate surface area is 89.2 Å². The summed E-state index contributed by atoms with van der Waals surface area (Å²) in [7, 11) is 2.58. The van der Waals surface area contributed by atoms with E-state index in [0.29, 0.717) is 12.8 Å². The molecule has 0 aromatic rings. The van der Waals surface area contributed by atoms with Crippen LogP contribution in [0.15, 0.2) is 11.1 Å². The lowest BCUT2D eigenvalue weighted by Crippen LogP contribution is -2.39. The zero-order valence-corrected chi connectivity index (χ0v) is 9.55.